The minimum Gasteiger partial charge on any atom is -0.480 e. The zero-order chi connectivity index (χ0) is 14.1. The van der Waals surface area contributed by atoms with E-state index in [4.69, 9.17) is 5.11 Å². The first-order chi connectivity index (χ1) is 8.19. The van der Waals surface area contributed by atoms with E-state index < -0.39 is 11.5 Å². The van der Waals surface area contributed by atoms with Crippen molar-refractivity contribution in [2.24, 2.45) is 0 Å². The highest BCUT2D eigenvalue weighted by molar-refractivity contribution is 14.1. The highest BCUT2D eigenvalue weighted by atomic mass is 127. The molecule has 0 aliphatic rings. The Morgan fingerprint density at radius 3 is 2.39 bits per heavy atom. The fraction of sp³-hybridized carbons (Fsp3) is 0.385. The molecule has 0 radical (unpaired) electrons. The van der Waals surface area contributed by atoms with Crippen LogP contribution in [-0.4, -0.2) is 34.5 Å². The third kappa shape index (κ3) is 2.66. The molecule has 5 heteroatoms. The van der Waals surface area contributed by atoms with Crippen LogP contribution >= 0.6 is 22.6 Å². The maximum absolute atomic E-state index is 12.3. The quantitative estimate of drug-likeness (QED) is 0.842. The van der Waals surface area contributed by atoms with E-state index >= 15 is 0 Å². The molecule has 4 nitrogen and oxygen atoms in total. The van der Waals surface area contributed by atoms with Crippen LogP contribution in [0.3, 0.4) is 0 Å². The summed E-state index contributed by atoms with van der Waals surface area (Å²) in [7, 11) is 1.51. The van der Waals surface area contributed by atoms with E-state index in [0.29, 0.717) is 5.56 Å². The number of rotatable bonds is 3. The number of nitrogens with zero attached hydrogens (tertiary/aromatic N) is 1. The fourth-order valence-electron chi connectivity index (χ4n) is 1.42. The summed E-state index contributed by atoms with van der Waals surface area (Å²) in [6.45, 7) is 4.88. The normalized spacial score (nSPS) is 11.2. The zero-order valence-electron chi connectivity index (χ0n) is 10.8. The van der Waals surface area contributed by atoms with Crippen molar-refractivity contribution in [3.05, 3.63) is 32.9 Å². The van der Waals surface area contributed by atoms with Crippen molar-refractivity contribution in [3.63, 3.8) is 0 Å². The molecule has 0 aromatic heterocycles. The summed E-state index contributed by atoms with van der Waals surface area (Å²) in [5.74, 6) is -1.31. The molecule has 1 N–H and O–H groups in total. The maximum Gasteiger partial charge on any atom is 0.329 e. The number of likely N-dealkylation sites (N-methyl/N-ethyl adjacent to an activating group) is 1. The number of hydrogen-bond donors (Lipinski definition) is 1. The van der Waals surface area contributed by atoms with Gasteiger partial charge < -0.3 is 10.0 Å². The number of halogens is 1. The van der Waals surface area contributed by atoms with Crippen molar-refractivity contribution in [1.82, 2.24) is 4.90 Å². The molecule has 98 valence electrons. The lowest BCUT2D eigenvalue weighted by Crippen LogP contribution is -2.50. The van der Waals surface area contributed by atoms with Gasteiger partial charge in [-0.15, -0.1) is 0 Å². The Morgan fingerprint density at radius 1 is 1.33 bits per heavy atom. The van der Waals surface area contributed by atoms with Crippen LogP contribution < -0.4 is 0 Å². The Bertz CT molecular complexity index is 497. The second-order valence-electron chi connectivity index (χ2n) is 4.64. The fourth-order valence-corrected chi connectivity index (χ4v) is 1.92. The largest absolute Gasteiger partial charge is 0.480 e. The first-order valence-electron chi connectivity index (χ1n) is 5.46. The lowest BCUT2D eigenvalue weighted by atomic mass is 10.0. The van der Waals surface area contributed by atoms with Gasteiger partial charge in [-0.1, -0.05) is 6.07 Å². The number of benzene rings is 1. The van der Waals surface area contributed by atoms with Crippen molar-refractivity contribution in [2.75, 3.05) is 7.05 Å². The van der Waals surface area contributed by atoms with Crippen molar-refractivity contribution < 1.29 is 14.7 Å². The minimum absolute atomic E-state index is 0.279. The van der Waals surface area contributed by atoms with Gasteiger partial charge in [0.1, 0.15) is 5.54 Å². The predicted octanol–water partition coefficient (Wildman–Crippen LogP) is 2.53. The van der Waals surface area contributed by atoms with Gasteiger partial charge in [0.15, 0.2) is 0 Å². The van der Waals surface area contributed by atoms with Gasteiger partial charge >= 0.3 is 5.97 Å². The molecule has 0 atom stereocenters. The topological polar surface area (TPSA) is 57.6 Å². The van der Waals surface area contributed by atoms with Crippen LogP contribution in [-0.2, 0) is 4.79 Å². The van der Waals surface area contributed by atoms with E-state index in [-0.39, 0.29) is 5.91 Å². The summed E-state index contributed by atoms with van der Waals surface area (Å²) < 4.78 is 0.986. The van der Waals surface area contributed by atoms with Gasteiger partial charge in [-0.3, -0.25) is 4.79 Å². The summed E-state index contributed by atoms with van der Waals surface area (Å²) in [4.78, 5) is 24.7. The first-order valence-corrected chi connectivity index (χ1v) is 6.54. The van der Waals surface area contributed by atoms with E-state index in [2.05, 4.69) is 22.6 Å². The molecule has 0 spiro atoms. The van der Waals surface area contributed by atoms with Crippen LogP contribution in [0.1, 0.15) is 29.8 Å². The Balaban J connectivity index is 3.16. The highest BCUT2D eigenvalue weighted by Gasteiger charge is 2.35. The zero-order valence-corrected chi connectivity index (χ0v) is 13.0. The van der Waals surface area contributed by atoms with Gasteiger partial charge in [0, 0.05) is 16.2 Å². The van der Waals surface area contributed by atoms with Crippen molar-refractivity contribution in [1.29, 1.82) is 0 Å². The standard InChI is InChI=1S/C13H16INO3/c1-8-9(6-5-7-10(8)14)11(16)15(4)13(2,3)12(17)18/h5-7H,1-4H3,(H,17,18). The summed E-state index contributed by atoms with van der Waals surface area (Å²) >= 11 is 2.15. The van der Waals surface area contributed by atoms with Crippen LogP contribution in [0.4, 0.5) is 0 Å². The molecule has 0 aliphatic heterocycles. The Morgan fingerprint density at radius 2 is 1.89 bits per heavy atom. The molecule has 1 rings (SSSR count). The smallest absolute Gasteiger partial charge is 0.329 e. The van der Waals surface area contributed by atoms with Crippen LogP contribution in [0.25, 0.3) is 0 Å². The summed E-state index contributed by atoms with van der Waals surface area (Å²) in [5.41, 5.74) is 0.181. The molecule has 0 saturated heterocycles. The van der Waals surface area contributed by atoms with E-state index in [1.165, 1.54) is 25.8 Å². The average molecular weight is 361 g/mol. The molecule has 1 aromatic rings. The predicted molar refractivity (Wildman–Crippen MR) is 77.7 cm³/mol. The molecule has 0 bridgehead atoms. The van der Waals surface area contributed by atoms with E-state index in [9.17, 15) is 9.59 Å². The second-order valence-corrected chi connectivity index (χ2v) is 5.80. The minimum atomic E-state index is -1.23. The SMILES string of the molecule is Cc1c(I)cccc1C(=O)N(C)C(C)(C)C(=O)O. The molecular formula is C13H16INO3. The molecular weight excluding hydrogens is 345 g/mol. The number of carbonyl (C=O) groups is 2. The van der Waals surface area contributed by atoms with E-state index in [0.717, 1.165) is 9.13 Å². The van der Waals surface area contributed by atoms with Crippen molar-refractivity contribution in [3.8, 4) is 0 Å². The molecule has 0 unspecified atom stereocenters. The van der Waals surface area contributed by atoms with Crippen LogP contribution in [0.5, 0.6) is 0 Å². The number of hydrogen-bond acceptors (Lipinski definition) is 2. The van der Waals surface area contributed by atoms with Gasteiger partial charge in [0.05, 0.1) is 0 Å². The number of amides is 1. The molecule has 1 amide bonds. The maximum atomic E-state index is 12.3. The van der Waals surface area contributed by atoms with E-state index in [1.807, 2.05) is 13.0 Å². The van der Waals surface area contributed by atoms with Gasteiger partial charge in [-0.2, -0.15) is 0 Å². The van der Waals surface area contributed by atoms with Gasteiger partial charge in [0.2, 0.25) is 0 Å². The van der Waals surface area contributed by atoms with Crippen LogP contribution in [0, 0.1) is 10.5 Å². The number of carboxylic acids is 1. The lowest BCUT2D eigenvalue weighted by Gasteiger charge is -2.32. The van der Waals surface area contributed by atoms with Crippen molar-refractivity contribution in [2.45, 2.75) is 26.3 Å². The average Bonchev–Trinajstić information content (AvgIpc) is 2.30. The van der Waals surface area contributed by atoms with Crippen LogP contribution in [0.2, 0.25) is 0 Å². The summed E-state index contributed by atoms with van der Waals surface area (Å²) in [6.07, 6.45) is 0. The molecule has 0 fully saturated rings. The number of aliphatic carboxylic acids is 1. The molecule has 1 aromatic carbocycles. The first kappa shape index (κ1) is 14.9. The molecule has 0 heterocycles. The second kappa shape index (κ2) is 5.26. The van der Waals surface area contributed by atoms with Gasteiger partial charge in [-0.05, 0) is 61.1 Å². The molecule has 0 saturated carbocycles. The Kier molecular flexibility index (Phi) is 4.37. The molecule has 0 aliphatic carbocycles. The van der Waals surface area contributed by atoms with Crippen LogP contribution in [0.15, 0.2) is 18.2 Å². The Labute approximate surface area is 120 Å². The third-order valence-electron chi connectivity index (χ3n) is 3.16. The lowest BCUT2D eigenvalue weighted by molar-refractivity contribution is -0.147. The number of carboxylic acid groups (broad SMARTS) is 1. The number of carbonyl (C=O) groups excluding carboxylic acids is 1. The highest BCUT2D eigenvalue weighted by Crippen LogP contribution is 2.21. The molecule has 18 heavy (non-hydrogen) atoms. The van der Waals surface area contributed by atoms with E-state index in [1.54, 1.807) is 12.1 Å². The monoisotopic (exact) mass is 361 g/mol. The van der Waals surface area contributed by atoms with Crippen molar-refractivity contribution >= 4 is 34.5 Å². The van der Waals surface area contributed by atoms with Gasteiger partial charge in [0.25, 0.3) is 5.91 Å². The van der Waals surface area contributed by atoms with Gasteiger partial charge in [-0.25, -0.2) is 4.79 Å². The third-order valence-corrected chi connectivity index (χ3v) is 4.33. The Hall–Kier alpha value is -1.11. The summed E-state index contributed by atoms with van der Waals surface area (Å²) in [5, 5.41) is 9.14. The summed E-state index contributed by atoms with van der Waals surface area (Å²) in [6, 6.07) is 5.42.